The van der Waals surface area contributed by atoms with Gasteiger partial charge in [-0.3, -0.25) is 0 Å². The Balaban J connectivity index is 2.13. The van der Waals surface area contributed by atoms with E-state index in [1.54, 1.807) is 6.07 Å². The van der Waals surface area contributed by atoms with Gasteiger partial charge in [0.05, 0.1) is 5.56 Å². The van der Waals surface area contributed by atoms with Gasteiger partial charge < -0.3 is 15.3 Å². The molecule has 0 spiro atoms. The van der Waals surface area contributed by atoms with Crippen LogP contribution in [0.5, 0.6) is 0 Å². The molecule has 1 heterocycles. The third kappa shape index (κ3) is 3.97. The molecule has 0 bridgehead atoms. The number of likely N-dealkylation sites (tertiary alicyclic amines) is 1. The zero-order valence-electron chi connectivity index (χ0n) is 11.9. The molecule has 1 unspecified atom stereocenters. The molecule has 2 rings (SSSR count). The molecule has 0 saturated carbocycles. The lowest BCUT2D eigenvalue weighted by Crippen LogP contribution is -2.45. The van der Waals surface area contributed by atoms with E-state index in [9.17, 15) is 9.59 Å². The molecule has 21 heavy (non-hydrogen) atoms. The molecule has 5 nitrogen and oxygen atoms in total. The molecule has 1 saturated heterocycles. The number of halogens is 1. The van der Waals surface area contributed by atoms with Crippen molar-refractivity contribution in [1.29, 1.82) is 0 Å². The van der Waals surface area contributed by atoms with Crippen molar-refractivity contribution < 1.29 is 14.7 Å². The Kier molecular flexibility index (Phi) is 5.22. The van der Waals surface area contributed by atoms with E-state index in [-0.39, 0.29) is 17.6 Å². The molecular formula is C15H19BrN2O3. The first kappa shape index (κ1) is 15.8. The molecule has 1 atom stereocenters. The average molecular weight is 355 g/mol. The second-order valence-corrected chi connectivity index (χ2v) is 6.13. The maximum atomic E-state index is 12.4. The standard InChI is InChI=1S/C15H19BrN2O3/c1-2-13-5-3-4-6-18(13)15(21)17-12-8-10(14(19)20)7-11(16)9-12/h7-9,13H,2-6H2,1H3,(H,17,21)(H,19,20). The van der Waals surface area contributed by atoms with E-state index in [0.29, 0.717) is 10.2 Å². The lowest BCUT2D eigenvalue weighted by atomic mass is 10.0. The zero-order chi connectivity index (χ0) is 15.4. The number of aromatic carboxylic acids is 1. The predicted molar refractivity (Wildman–Crippen MR) is 84.8 cm³/mol. The Morgan fingerprint density at radius 2 is 2.14 bits per heavy atom. The largest absolute Gasteiger partial charge is 0.478 e. The normalized spacial score (nSPS) is 18.4. The monoisotopic (exact) mass is 354 g/mol. The lowest BCUT2D eigenvalue weighted by molar-refractivity contribution is 0.0696. The van der Waals surface area contributed by atoms with E-state index in [2.05, 4.69) is 28.2 Å². The minimum atomic E-state index is -1.02. The van der Waals surface area contributed by atoms with Gasteiger partial charge in [-0.2, -0.15) is 0 Å². The smallest absolute Gasteiger partial charge is 0.335 e. The highest BCUT2D eigenvalue weighted by atomic mass is 79.9. The topological polar surface area (TPSA) is 69.6 Å². The quantitative estimate of drug-likeness (QED) is 0.863. The second-order valence-electron chi connectivity index (χ2n) is 5.22. The van der Waals surface area contributed by atoms with E-state index < -0.39 is 5.97 Å². The fraction of sp³-hybridized carbons (Fsp3) is 0.467. The number of urea groups is 1. The van der Waals surface area contributed by atoms with Crippen molar-refractivity contribution >= 4 is 33.6 Å². The third-order valence-corrected chi connectivity index (χ3v) is 4.21. The van der Waals surface area contributed by atoms with Crippen molar-refractivity contribution in [2.24, 2.45) is 0 Å². The van der Waals surface area contributed by atoms with Gasteiger partial charge in [0.25, 0.3) is 0 Å². The van der Waals surface area contributed by atoms with Gasteiger partial charge in [-0.1, -0.05) is 22.9 Å². The second kappa shape index (κ2) is 6.93. The van der Waals surface area contributed by atoms with Crippen molar-refractivity contribution in [2.45, 2.75) is 38.6 Å². The molecule has 1 aromatic rings. The summed E-state index contributed by atoms with van der Waals surface area (Å²) in [5, 5.41) is 11.9. The van der Waals surface area contributed by atoms with E-state index >= 15 is 0 Å². The number of hydrogen-bond donors (Lipinski definition) is 2. The van der Waals surface area contributed by atoms with Crippen LogP contribution in [-0.2, 0) is 0 Å². The van der Waals surface area contributed by atoms with E-state index in [4.69, 9.17) is 5.11 Å². The first-order valence-electron chi connectivity index (χ1n) is 7.12. The number of rotatable bonds is 3. The maximum absolute atomic E-state index is 12.4. The molecule has 114 valence electrons. The van der Waals surface area contributed by atoms with Gasteiger partial charge in [0.1, 0.15) is 0 Å². The van der Waals surface area contributed by atoms with E-state index in [1.807, 2.05) is 4.90 Å². The third-order valence-electron chi connectivity index (χ3n) is 3.76. The number of anilines is 1. The van der Waals surface area contributed by atoms with Crippen LogP contribution < -0.4 is 5.32 Å². The molecule has 0 radical (unpaired) electrons. The van der Waals surface area contributed by atoms with E-state index in [0.717, 1.165) is 32.2 Å². The summed E-state index contributed by atoms with van der Waals surface area (Å²) < 4.78 is 0.628. The molecule has 1 aliphatic rings. The fourth-order valence-electron chi connectivity index (χ4n) is 2.67. The summed E-state index contributed by atoms with van der Waals surface area (Å²) in [7, 11) is 0. The summed E-state index contributed by atoms with van der Waals surface area (Å²) in [6, 6.07) is 4.79. The number of nitrogens with zero attached hydrogens (tertiary/aromatic N) is 1. The van der Waals surface area contributed by atoms with Gasteiger partial charge in [0.2, 0.25) is 0 Å². The van der Waals surface area contributed by atoms with Crippen molar-refractivity contribution in [1.82, 2.24) is 4.90 Å². The predicted octanol–water partition coefficient (Wildman–Crippen LogP) is 3.94. The molecule has 0 aliphatic carbocycles. The van der Waals surface area contributed by atoms with E-state index in [1.165, 1.54) is 12.1 Å². The molecule has 1 aromatic carbocycles. The Hall–Kier alpha value is -1.56. The number of nitrogens with one attached hydrogen (secondary N) is 1. The summed E-state index contributed by atoms with van der Waals surface area (Å²) in [4.78, 5) is 25.3. The number of benzene rings is 1. The van der Waals surface area contributed by atoms with Crippen LogP contribution in [0.25, 0.3) is 0 Å². The summed E-state index contributed by atoms with van der Waals surface area (Å²) in [5.74, 6) is -1.02. The van der Waals surface area contributed by atoms with Crippen LogP contribution in [0.3, 0.4) is 0 Å². The Morgan fingerprint density at radius 3 is 2.81 bits per heavy atom. The lowest BCUT2D eigenvalue weighted by Gasteiger charge is -2.35. The van der Waals surface area contributed by atoms with Gasteiger partial charge in [0.15, 0.2) is 0 Å². The number of piperidine rings is 1. The summed E-state index contributed by atoms with van der Waals surface area (Å²) in [5.41, 5.74) is 0.637. The number of hydrogen-bond acceptors (Lipinski definition) is 2. The molecule has 1 aliphatic heterocycles. The van der Waals surface area contributed by atoms with Gasteiger partial charge in [-0.05, 0) is 43.9 Å². The van der Waals surface area contributed by atoms with Gasteiger partial charge >= 0.3 is 12.0 Å². The fourth-order valence-corrected chi connectivity index (χ4v) is 3.17. The highest BCUT2D eigenvalue weighted by Gasteiger charge is 2.25. The molecule has 1 fully saturated rings. The Morgan fingerprint density at radius 1 is 1.38 bits per heavy atom. The maximum Gasteiger partial charge on any atom is 0.335 e. The van der Waals surface area contributed by atoms with Crippen LogP contribution in [-0.4, -0.2) is 34.6 Å². The molecule has 2 N–H and O–H groups in total. The van der Waals surface area contributed by atoms with Gasteiger partial charge in [-0.15, -0.1) is 0 Å². The van der Waals surface area contributed by atoms with Crippen molar-refractivity contribution in [3.8, 4) is 0 Å². The van der Waals surface area contributed by atoms with Crippen molar-refractivity contribution in [3.63, 3.8) is 0 Å². The van der Waals surface area contributed by atoms with Crippen LogP contribution in [0, 0.1) is 0 Å². The molecule has 6 heteroatoms. The zero-order valence-corrected chi connectivity index (χ0v) is 13.5. The molecular weight excluding hydrogens is 336 g/mol. The van der Waals surface area contributed by atoms with Crippen molar-refractivity contribution in [2.75, 3.05) is 11.9 Å². The highest BCUT2D eigenvalue weighted by Crippen LogP contribution is 2.23. The minimum absolute atomic E-state index is 0.144. The summed E-state index contributed by atoms with van der Waals surface area (Å²) >= 11 is 3.26. The number of amides is 2. The number of carbonyl (C=O) groups excluding carboxylic acids is 1. The molecule has 0 aromatic heterocycles. The van der Waals surface area contributed by atoms with Crippen LogP contribution in [0.1, 0.15) is 43.0 Å². The minimum Gasteiger partial charge on any atom is -0.478 e. The summed E-state index contributed by atoms with van der Waals surface area (Å²) in [6.07, 6.45) is 4.14. The van der Waals surface area contributed by atoms with Gasteiger partial charge in [-0.25, -0.2) is 9.59 Å². The highest BCUT2D eigenvalue weighted by molar-refractivity contribution is 9.10. The van der Waals surface area contributed by atoms with Crippen LogP contribution in [0.2, 0.25) is 0 Å². The van der Waals surface area contributed by atoms with Crippen LogP contribution in [0.4, 0.5) is 10.5 Å². The van der Waals surface area contributed by atoms with Gasteiger partial charge in [0, 0.05) is 22.7 Å². The first-order valence-corrected chi connectivity index (χ1v) is 7.92. The SMILES string of the molecule is CCC1CCCCN1C(=O)Nc1cc(Br)cc(C(=O)O)c1. The van der Waals surface area contributed by atoms with Crippen molar-refractivity contribution in [3.05, 3.63) is 28.2 Å². The number of carboxylic acids is 1. The summed E-state index contributed by atoms with van der Waals surface area (Å²) in [6.45, 7) is 2.84. The molecule has 2 amide bonds. The Bertz CT molecular complexity index is 548. The van der Waals surface area contributed by atoms with Crippen LogP contribution in [0.15, 0.2) is 22.7 Å². The number of carboxylic acid groups (broad SMARTS) is 1. The first-order chi connectivity index (χ1) is 10.0. The Labute approximate surface area is 132 Å². The number of carbonyl (C=O) groups is 2. The average Bonchev–Trinajstić information content (AvgIpc) is 2.46. The van der Waals surface area contributed by atoms with Crippen LogP contribution >= 0.6 is 15.9 Å².